The number of aromatic nitrogens is 1. The van der Waals surface area contributed by atoms with Crippen LogP contribution < -0.4 is 10.4 Å². The van der Waals surface area contributed by atoms with E-state index < -0.39 is 34.1 Å². The van der Waals surface area contributed by atoms with Gasteiger partial charge in [-0.2, -0.15) is 0 Å². The van der Waals surface area contributed by atoms with Crippen molar-refractivity contribution in [3.8, 4) is 17.1 Å². The molecule has 1 N–H and O–H groups in total. The molecule has 6 heterocycles. The zero-order valence-electron chi connectivity index (χ0n) is 30.4. The Morgan fingerprint density at radius 1 is 0.863 bits per heavy atom. The highest BCUT2D eigenvalue weighted by molar-refractivity contribution is 5.59. The highest BCUT2D eigenvalue weighted by atomic mass is 16.6. The Morgan fingerprint density at radius 3 is 2.12 bits per heavy atom. The van der Waals surface area contributed by atoms with Gasteiger partial charge in [0.25, 0.3) is 0 Å². The first-order valence-electron chi connectivity index (χ1n) is 19.3. The molecular formula is C40H55NO10. The van der Waals surface area contributed by atoms with E-state index >= 15 is 0 Å². The normalized spacial score (nSPS) is 37.9. The van der Waals surface area contributed by atoms with E-state index in [1.54, 1.807) is 24.5 Å². The summed E-state index contributed by atoms with van der Waals surface area (Å²) in [5.41, 5.74) is -1.53. The van der Waals surface area contributed by atoms with Gasteiger partial charge in [0, 0.05) is 75.0 Å². The minimum atomic E-state index is -1.12. The SMILES string of the molecule is C[C@]12CC[C@H](OC3CCOCC3)[C@@](C)(COC3CCOCC3)C1C[C@H](OC1CCOCC1)[C@@]1(C)Oc3cc(-c4cccnc4)oc(=O)c3[C@H](O)C21. The molecule has 0 radical (unpaired) electrons. The number of rotatable bonds is 8. The summed E-state index contributed by atoms with van der Waals surface area (Å²) in [6.07, 6.45) is 9.48. The van der Waals surface area contributed by atoms with E-state index in [0.29, 0.717) is 69.7 Å². The second kappa shape index (κ2) is 14.5. The lowest BCUT2D eigenvalue weighted by molar-refractivity contribution is -0.291. The van der Waals surface area contributed by atoms with Gasteiger partial charge in [0.15, 0.2) is 0 Å². The fraction of sp³-hybridized carbons (Fsp3) is 0.750. The van der Waals surface area contributed by atoms with Crippen LogP contribution in [-0.4, -0.2) is 92.5 Å². The third kappa shape index (κ3) is 6.59. The molecule has 4 aliphatic heterocycles. The van der Waals surface area contributed by atoms with Gasteiger partial charge in [0.1, 0.15) is 22.7 Å². The van der Waals surface area contributed by atoms with Crippen molar-refractivity contribution in [3.63, 3.8) is 0 Å². The summed E-state index contributed by atoms with van der Waals surface area (Å²) in [5, 5.41) is 12.6. The van der Waals surface area contributed by atoms with Crippen LogP contribution in [0.15, 0.2) is 39.8 Å². The molecule has 0 amide bonds. The van der Waals surface area contributed by atoms with Crippen LogP contribution in [0.25, 0.3) is 11.3 Å². The van der Waals surface area contributed by atoms with Gasteiger partial charge in [-0.1, -0.05) is 13.8 Å². The molecule has 2 unspecified atom stereocenters. The molecule has 51 heavy (non-hydrogen) atoms. The average Bonchev–Trinajstić information content (AvgIpc) is 3.14. The monoisotopic (exact) mass is 709 g/mol. The van der Waals surface area contributed by atoms with Gasteiger partial charge in [-0.05, 0) is 88.2 Å². The molecule has 11 heteroatoms. The van der Waals surface area contributed by atoms with Crippen LogP contribution in [0.4, 0.5) is 0 Å². The standard InChI is InChI=1S/C40H55NO10/c1-38-13-6-32(48-27-9-17-45-18-10-27)39(2,24-47-26-7-15-44-16-8-26)31(38)22-33(49-28-11-19-46-20-12-28)40(3)36(38)35(42)34-30(51-40)21-29(50-37(34)43)25-5-4-14-41-23-25/h4-5,14,21,23,26-28,31-33,35-36,42H,6-13,15-20,22,24H2,1-3H3/t31?,32-,33-,35-,36?,38-,39-,40+/m0/s1. The Hall–Kier alpha value is -2.38. The van der Waals surface area contributed by atoms with Crippen LogP contribution in [0.2, 0.25) is 0 Å². The van der Waals surface area contributed by atoms with Gasteiger partial charge in [0.2, 0.25) is 0 Å². The Kier molecular flexibility index (Phi) is 10.1. The minimum absolute atomic E-state index is 0.00198. The topological polar surface area (TPSA) is 128 Å². The molecule has 0 bridgehead atoms. The zero-order valence-corrected chi connectivity index (χ0v) is 30.4. The maximum atomic E-state index is 13.9. The Morgan fingerprint density at radius 2 is 1.49 bits per heavy atom. The van der Waals surface area contributed by atoms with E-state index in [0.717, 1.165) is 51.4 Å². The van der Waals surface area contributed by atoms with Crippen LogP contribution in [0, 0.1) is 22.7 Å². The number of hydrogen-bond donors (Lipinski definition) is 1. The molecule has 8 atom stereocenters. The van der Waals surface area contributed by atoms with Gasteiger partial charge in [-0.3, -0.25) is 4.98 Å². The Labute approximate surface area is 300 Å². The Bertz CT molecular complexity index is 1550. The number of hydrogen-bond acceptors (Lipinski definition) is 11. The first-order valence-corrected chi connectivity index (χ1v) is 19.3. The highest BCUT2D eigenvalue weighted by Gasteiger charge is 2.70. The van der Waals surface area contributed by atoms with Gasteiger partial charge in [-0.25, -0.2) is 4.79 Å². The quantitative estimate of drug-likeness (QED) is 0.365. The molecule has 5 fully saturated rings. The molecule has 280 valence electrons. The molecule has 2 saturated carbocycles. The Balaban J connectivity index is 1.20. The summed E-state index contributed by atoms with van der Waals surface area (Å²) in [4.78, 5) is 18.1. The molecule has 3 saturated heterocycles. The summed E-state index contributed by atoms with van der Waals surface area (Å²) < 4.78 is 51.1. The highest BCUT2D eigenvalue weighted by Crippen LogP contribution is 2.68. The predicted octanol–water partition coefficient (Wildman–Crippen LogP) is 5.65. The van der Waals surface area contributed by atoms with Crippen molar-refractivity contribution in [2.45, 2.75) is 121 Å². The number of aliphatic hydroxyl groups excluding tert-OH is 1. The van der Waals surface area contributed by atoms with Crippen LogP contribution in [0.3, 0.4) is 0 Å². The summed E-state index contributed by atoms with van der Waals surface area (Å²) in [6, 6.07) is 5.38. The summed E-state index contributed by atoms with van der Waals surface area (Å²) >= 11 is 0. The number of pyridine rings is 1. The van der Waals surface area contributed by atoms with Crippen molar-refractivity contribution >= 4 is 0 Å². The fourth-order valence-electron chi connectivity index (χ4n) is 10.7. The van der Waals surface area contributed by atoms with Gasteiger partial charge >= 0.3 is 5.63 Å². The summed E-state index contributed by atoms with van der Waals surface area (Å²) in [6.45, 7) is 11.4. The lowest BCUT2D eigenvalue weighted by Gasteiger charge is -2.67. The lowest BCUT2D eigenvalue weighted by Crippen LogP contribution is -2.71. The van der Waals surface area contributed by atoms with Crippen LogP contribution in [-0.2, 0) is 28.4 Å². The molecule has 6 aliphatic rings. The van der Waals surface area contributed by atoms with Gasteiger partial charge in [-0.15, -0.1) is 0 Å². The van der Waals surface area contributed by atoms with E-state index in [2.05, 4.69) is 25.8 Å². The minimum Gasteiger partial charge on any atom is -0.484 e. The van der Waals surface area contributed by atoms with Crippen molar-refractivity contribution in [1.82, 2.24) is 4.98 Å². The van der Waals surface area contributed by atoms with Gasteiger partial charge < -0.3 is 42.7 Å². The smallest absolute Gasteiger partial charge is 0.345 e. The van der Waals surface area contributed by atoms with Crippen molar-refractivity contribution < 1.29 is 42.7 Å². The van der Waals surface area contributed by atoms with Crippen molar-refractivity contribution in [2.75, 3.05) is 46.2 Å². The lowest BCUT2D eigenvalue weighted by atomic mass is 9.42. The van der Waals surface area contributed by atoms with E-state index in [9.17, 15) is 9.90 Å². The molecule has 11 nitrogen and oxygen atoms in total. The molecule has 0 aromatic carbocycles. The largest absolute Gasteiger partial charge is 0.484 e. The average molecular weight is 710 g/mol. The fourth-order valence-corrected chi connectivity index (χ4v) is 10.7. The second-order valence-electron chi connectivity index (χ2n) is 16.5. The molecule has 0 spiro atoms. The van der Waals surface area contributed by atoms with Crippen molar-refractivity contribution in [3.05, 3.63) is 46.6 Å². The van der Waals surface area contributed by atoms with E-state index in [-0.39, 0.29) is 42.0 Å². The van der Waals surface area contributed by atoms with E-state index in [1.165, 1.54) is 0 Å². The number of nitrogens with zero attached hydrogens (tertiary/aromatic N) is 1. The summed E-state index contributed by atoms with van der Waals surface area (Å²) in [5.74, 6) is 0.278. The van der Waals surface area contributed by atoms with E-state index in [4.69, 9.17) is 37.6 Å². The number of aliphatic hydroxyl groups is 1. The molecule has 2 aromatic heterocycles. The molecule has 2 aromatic rings. The van der Waals surface area contributed by atoms with Crippen molar-refractivity contribution in [1.29, 1.82) is 0 Å². The van der Waals surface area contributed by atoms with Gasteiger partial charge in [0.05, 0.1) is 43.2 Å². The second-order valence-corrected chi connectivity index (χ2v) is 16.5. The molecular weight excluding hydrogens is 654 g/mol. The first kappa shape index (κ1) is 35.6. The summed E-state index contributed by atoms with van der Waals surface area (Å²) in [7, 11) is 0. The van der Waals surface area contributed by atoms with Crippen molar-refractivity contribution in [2.24, 2.45) is 22.7 Å². The third-order valence-corrected chi connectivity index (χ3v) is 13.4. The predicted molar refractivity (Wildman–Crippen MR) is 186 cm³/mol. The maximum absolute atomic E-state index is 13.9. The molecule has 8 rings (SSSR count). The van der Waals surface area contributed by atoms with Crippen LogP contribution in [0.5, 0.6) is 5.75 Å². The number of fused-ring (bicyclic) bond motifs is 4. The number of ether oxygens (including phenoxy) is 7. The van der Waals surface area contributed by atoms with Crippen LogP contribution in [0.1, 0.15) is 90.2 Å². The molecule has 2 aliphatic carbocycles. The maximum Gasteiger partial charge on any atom is 0.345 e. The third-order valence-electron chi connectivity index (χ3n) is 13.4. The van der Waals surface area contributed by atoms with E-state index in [1.807, 2.05) is 6.07 Å². The first-order chi connectivity index (χ1) is 24.7. The van der Waals surface area contributed by atoms with Crippen LogP contribution >= 0.6 is 0 Å². The zero-order chi connectivity index (χ0) is 35.2.